The molecule has 5 heterocycles. The van der Waals surface area contributed by atoms with Crippen LogP contribution in [0, 0.1) is 0 Å². The Morgan fingerprint density at radius 1 is 1.37 bits per heavy atom. The minimum absolute atomic E-state index is 0.0202. The zero-order chi connectivity index (χ0) is 20.8. The van der Waals surface area contributed by atoms with Crippen LogP contribution in [0.4, 0.5) is 16.3 Å². The number of aromatic nitrogens is 5. The Hall–Kier alpha value is -3.47. The number of hydrogen-bond acceptors (Lipinski definition) is 8. The average Bonchev–Trinajstić information content (AvgIpc) is 3.35. The summed E-state index contributed by atoms with van der Waals surface area (Å²) in [5.41, 5.74) is 2.55. The summed E-state index contributed by atoms with van der Waals surface area (Å²) in [5.74, 6) is 1.15. The lowest BCUT2D eigenvalue weighted by atomic mass is 10.1. The molecule has 4 aromatic rings. The van der Waals surface area contributed by atoms with Crippen molar-refractivity contribution in [2.24, 2.45) is 0 Å². The zero-order valence-corrected chi connectivity index (χ0v) is 17.6. The summed E-state index contributed by atoms with van der Waals surface area (Å²) < 4.78 is 5.45. The fourth-order valence-corrected chi connectivity index (χ4v) is 4.91. The minimum Gasteiger partial charge on any atom is -0.479 e. The molecule has 0 aromatic carbocycles. The quantitative estimate of drug-likeness (QED) is 0.520. The highest BCUT2D eigenvalue weighted by Crippen LogP contribution is 2.39. The van der Waals surface area contributed by atoms with Crippen molar-refractivity contribution in [3.8, 4) is 5.88 Å². The van der Waals surface area contributed by atoms with Gasteiger partial charge in [-0.05, 0) is 18.1 Å². The van der Waals surface area contributed by atoms with Crippen LogP contribution in [0.3, 0.4) is 0 Å². The van der Waals surface area contributed by atoms with Crippen LogP contribution in [-0.4, -0.2) is 68.7 Å². The number of rotatable bonds is 3. The molecule has 0 saturated carbocycles. The number of anilines is 2. The van der Waals surface area contributed by atoms with Crippen LogP contribution in [0.15, 0.2) is 18.6 Å². The first-order chi connectivity index (χ1) is 14.5. The third kappa shape index (κ3) is 2.98. The first kappa shape index (κ1) is 18.6. The second-order valence-corrected chi connectivity index (χ2v) is 8.32. The summed E-state index contributed by atoms with van der Waals surface area (Å²) >= 11 is 1.61. The van der Waals surface area contributed by atoms with Crippen molar-refractivity contribution in [2.45, 2.75) is 13.0 Å². The zero-order valence-electron chi connectivity index (χ0n) is 16.8. The first-order valence-corrected chi connectivity index (χ1v) is 10.2. The fourth-order valence-electron chi connectivity index (χ4n) is 3.70. The van der Waals surface area contributed by atoms with Crippen LogP contribution >= 0.6 is 11.3 Å². The SMILES string of the molecule is COc1nc2[nH]ncc2cc1Nc1ncnc2sc3c(c12)CCN(C(=O)N(C)C)C3. The smallest absolute Gasteiger partial charge is 0.319 e. The predicted octanol–water partition coefficient (Wildman–Crippen LogP) is 2.75. The van der Waals surface area contributed by atoms with Gasteiger partial charge in [-0.2, -0.15) is 10.1 Å². The van der Waals surface area contributed by atoms with Crippen LogP contribution in [0.1, 0.15) is 10.4 Å². The normalized spacial score (nSPS) is 13.5. The Morgan fingerprint density at radius 3 is 3.03 bits per heavy atom. The van der Waals surface area contributed by atoms with Crippen molar-refractivity contribution in [2.75, 3.05) is 33.1 Å². The molecule has 2 amide bonds. The van der Waals surface area contributed by atoms with E-state index in [1.807, 2.05) is 11.0 Å². The molecular weight excluding hydrogens is 404 g/mol. The first-order valence-electron chi connectivity index (χ1n) is 9.41. The summed E-state index contributed by atoms with van der Waals surface area (Å²) in [6.07, 6.45) is 4.02. The van der Waals surface area contributed by atoms with Crippen LogP contribution in [-0.2, 0) is 13.0 Å². The number of carbonyl (C=O) groups is 1. The Balaban J connectivity index is 1.55. The van der Waals surface area contributed by atoms with Crippen molar-refractivity contribution in [1.29, 1.82) is 0 Å². The van der Waals surface area contributed by atoms with E-state index in [0.717, 1.165) is 26.9 Å². The monoisotopic (exact) mass is 424 g/mol. The van der Waals surface area contributed by atoms with Crippen molar-refractivity contribution in [1.82, 2.24) is 34.9 Å². The summed E-state index contributed by atoms with van der Waals surface area (Å²) in [7, 11) is 5.12. The molecule has 0 saturated heterocycles. The maximum absolute atomic E-state index is 12.4. The lowest BCUT2D eigenvalue weighted by Gasteiger charge is -2.29. The molecule has 0 unspecified atom stereocenters. The van der Waals surface area contributed by atoms with E-state index in [2.05, 4.69) is 30.5 Å². The van der Waals surface area contributed by atoms with Crippen LogP contribution < -0.4 is 10.1 Å². The number of aromatic amines is 1. The summed E-state index contributed by atoms with van der Waals surface area (Å²) in [6.45, 7) is 1.24. The number of pyridine rings is 1. The van der Waals surface area contributed by atoms with Gasteiger partial charge in [0.2, 0.25) is 5.88 Å². The maximum atomic E-state index is 12.4. The molecule has 154 valence electrons. The molecular formula is C19H20N8O2S. The summed E-state index contributed by atoms with van der Waals surface area (Å²) in [6, 6.07) is 1.95. The average molecular weight is 424 g/mol. The van der Waals surface area contributed by atoms with Gasteiger partial charge in [0, 0.05) is 30.9 Å². The Bertz CT molecular complexity index is 1260. The molecule has 4 aromatic heterocycles. The summed E-state index contributed by atoms with van der Waals surface area (Å²) in [4.78, 5) is 31.3. The van der Waals surface area contributed by atoms with E-state index in [9.17, 15) is 4.79 Å². The third-order valence-electron chi connectivity index (χ3n) is 5.13. The van der Waals surface area contributed by atoms with Gasteiger partial charge in [0.15, 0.2) is 5.65 Å². The molecule has 11 heteroatoms. The van der Waals surface area contributed by atoms with E-state index >= 15 is 0 Å². The lowest BCUT2D eigenvalue weighted by molar-refractivity contribution is 0.166. The van der Waals surface area contributed by atoms with Gasteiger partial charge < -0.3 is 19.9 Å². The van der Waals surface area contributed by atoms with Crippen LogP contribution in [0.25, 0.3) is 21.3 Å². The van der Waals surface area contributed by atoms with E-state index in [1.54, 1.807) is 50.0 Å². The molecule has 1 aliphatic rings. The number of ether oxygens (including phenoxy) is 1. The van der Waals surface area contributed by atoms with Gasteiger partial charge in [0.05, 0.1) is 25.2 Å². The molecule has 2 N–H and O–H groups in total. The van der Waals surface area contributed by atoms with E-state index in [4.69, 9.17) is 4.74 Å². The van der Waals surface area contributed by atoms with Gasteiger partial charge in [0.25, 0.3) is 0 Å². The molecule has 1 aliphatic heterocycles. The number of fused-ring (bicyclic) bond motifs is 4. The number of nitrogens with one attached hydrogen (secondary N) is 2. The van der Waals surface area contributed by atoms with Gasteiger partial charge in [-0.25, -0.2) is 14.8 Å². The van der Waals surface area contributed by atoms with Crippen molar-refractivity contribution in [3.63, 3.8) is 0 Å². The van der Waals surface area contributed by atoms with E-state index in [1.165, 1.54) is 5.56 Å². The number of nitrogens with zero attached hydrogens (tertiary/aromatic N) is 6. The standard InChI is InChI=1S/C19H20N8O2S/c1-26(2)19(28)27-5-4-11-13(8-27)30-18-14(11)16(20-9-21-18)23-12-6-10-7-22-25-15(10)24-17(12)29-3/h6-7,9H,4-5,8H2,1-3H3,(H,20,21,23)(H,22,24,25). The van der Waals surface area contributed by atoms with Crippen molar-refractivity contribution < 1.29 is 9.53 Å². The summed E-state index contributed by atoms with van der Waals surface area (Å²) in [5, 5.41) is 12.1. The molecule has 0 radical (unpaired) electrons. The van der Waals surface area contributed by atoms with Gasteiger partial charge in [-0.1, -0.05) is 0 Å². The van der Waals surface area contributed by atoms with E-state index in [0.29, 0.717) is 36.1 Å². The Kier molecular flexibility index (Phi) is 4.39. The largest absolute Gasteiger partial charge is 0.479 e. The highest BCUT2D eigenvalue weighted by Gasteiger charge is 2.27. The number of carbonyl (C=O) groups excluding carboxylic acids is 1. The molecule has 0 spiro atoms. The molecule has 0 aliphatic carbocycles. The number of H-pyrrole nitrogens is 1. The maximum Gasteiger partial charge on any atom is 0.319 e. The fraction of sp³-hybridized carbons (Fsp3) is 0.316. The van der Waals surface area contributed by atoms with Gasteiger partial charge in [0.1, 0.15) is 22.7 Å². The molecule has 0 bridgehead atoms. The molecule has 30 heavy (non-hydrogen) atoms. The van der Waals surface area contributed by atoms with E-state index < -0.39 is 0 Å². The highest BCUT2D eigenvalue weighted by atomic mass is 32.1. The number of urea groups is 1. The lowest BCUT2D eigenvalue weighted by Crippen LogP contribution is -2.41. The number of hydrogen-bond donors (Lipinski definition) is 2. The van der Waals surface area contributed by atoms with E-state index in [-0.39, 0.29) is 6.03 Å². The van der Waals surface area contributed by atoms with Crippen LogP contribution in [0.5, 0.6) is 5.88 Å². The molecule has 0 atom stereocenters. The third-order valence-corrected chi connectivity index (χ3v) is 6.25. The van der Waals surface area contributed by atoms with Gasteiger partial charge in [-0.3, -0.25) is 5.10 Å². The minimum atomic E-state index is 0.0202. The molecule has 10 nitrogen and oxygen atoms in total. The van der Waals surface area contributed by atoms with Crippen LogP contribution in [0.2, 0.25) is 0 Å². The van der Waals surface area contributed by atoms with Crippen molar-refractivity contribution >= 4 is 50.1 Å². The second kappa shape index (κ2) is 7.10. The Morgan fingerprint density at radius 2 is 2.23 bits per heavy atom. The van der Waals surface area contributed by atoms with Crippen molar-refractivity contribution in [3.05, 3.63) is 29.0 Å². The number of thiophene rings is 1. The topological polar surface area (TPSA) is 112 Å². The van der Waals surface area contributed by atoms with Gasteiger partial charge >= 0.3 is 6.03 Å². The predicted molar refractivity (Wildman–Crippen MR) is 114 cm³/mol. The number of methoxy groups -OCH3 is 1. The second-order valence-electron chi connectivity index (χ2n) is 7.23. The Labute approximate surface area is 175 Å². The van der Waals surface area contributed by atoms with Gasteiger partial charge in [-0.15, -0.1) is 11.3 Å². The highest BCUT2D eigenvalue weighted by molar-refractivity contribution is 7.19. The molecule has 5 rings (SSSR count). The molecule has 0 fully saturated rings. The number of amides is 2.